The summed E-state index contributed by atoms with van der Waals surface area (Å²) in [6.45, 7) is 1.59. The molecule has 1 aliphatic heterocycles. The Morgan fingerprint density at radius 2 is 2.29 bits per heavy atom. The van der Waals surface area contributed by atoms with Crippen LogP contribution in [0.3, 0.4) is 0 Å². The van der Waals surface area contributed by atoms with Gasteiger partial charge in [0.15, 0.2) is 0 Å². The molecule has 1 aliphatic rings. The zero-order valence-electron chi connectivity index (χ0n) is 11.8. The molecule has 1 aromatic carbocycles. The van der Waals surface area contributed by atoms with Crippen molar-refractivity contribution in [3.05, 3.63) is 42.2 Å². The standard InChI is InChI=1S/C15H19N5O/c21-15-14(16-8-3-10-20-11-9-17-19-20)7-6-12-4-1-2-5-13(12)18-15/h1-2,4-5,9,11,14,16H,3,6-8,10H2,(H,18,21). The van der Waals surface area contributed by atoms with Crippen molar-refractivity contribution >= 4 is 11.6 Å². The van der Waals surface area contributed by atoms with E-state index in [-0.39, 0.29) is 11.9 Å². The van der Waals surface area contributed by atoms with Gasteiger partial charge in [-0.25, -0.2) is 0 Å². The Kier molecular flexibility index (Phi) is 4.25. The predicted molar refractivity (Wildman–Crippen MR) is 79.8 cm³/mol. The molecule has 1 unspecified atom stereocenters. The van der Waals surface area contributed by atoms with Crippen LogP contribution in [0.1, 0.15) is 18.4 Å². The summed E-state index contributed by atoms with van der Waals surface area (Å²) in [5, 5.41) is 14.0. The van der Waals surface area contributed by atoms with Crippen molar-refractivity contribution in [2.45, 2.75) is 31.8 Å². The summed E-state index contributed by atoms with van der Waals surface area (Å²) in [6.07, 6.45) is 6.17. The Balaban J connectivity index is 1.49. The minimum absolute atomic E-state index is 0.0562. The van der Waals surface area contributed by atoms with E-state index >= 15 is 0 Å². The fraction of sp³-hybridized carbons (Fsp3) is 0.400. The van der Waals surface area contributed by atoms with E-state index in [0.717, 1.165) is 38.0 Å². The summed E-state index contributed by atoms with van der Waals surface area (Å²) >= 11 is 0. The minimum Gasteiger partial charge on any atom is -0.324 e. The quantitative estimate of drug-likeness (QED) is 0.810. The Bertz CT molecular complexity index is 596. The lowest BCUT2D eigenvalue weighted by Gasteiger charge is -2.15. The fourth-order valence-corrected chi connectivity index (χ4v) is 2.58. The van der Waals surface area contributed by atoms with Crippen LogP contribution in [0.25, 0.3) is 0 Å². The summed E-state index contributed by atoms with van der Waals surface area (Å²) in [5.41, 5.74) is 2.15. The van der Waals surface area contributed by atoms with Gasteiger partial charge < -0.3 is 10.6 Å². The number of rotatable bonds is 5. The number of amides is 1. The fourth-order valence-electron chi connectivity index (χ4n) is 2.58. The van der Waals surface area contributed by atoms with E-state index in [2.05, 4.69) is 27.0 Å². The van der Waals surface area contributed by atoms with E-state index in [1.165, 1.54) is 5.56 Å². The van der Waals surface area contributed by atoms with E-state index in [1.54, 1.807) is 10.9 Å². The largest absolute Gasteiger partial charge is 0.324 e. The first-order valence-corrected chi connectivity index (χ1v) is 7.29. The highest BCUT2D eigenvalue weighted by atomic mass is 16.2. The molecule has 2 heterocycles. The Hall–Kier alpha value is -2.21. The van der Waals surface area contributed by atoms with Crippen molar-refractivity contribution in [2.24, 2.45) is 0 Å². The van der Waals surface area contributed by atoms with Crippen LogP contribution in [0.15, 0.2) is 36.7 Å². The van der Waals surface area contributed by atoms with Gasteiger partial charge in [-0.05, 0) is 37.4 Å². The maximum absolute atomic E-state index is 12.2. The molecular weight excluding hydrogens is 266 g/mol. The number of fused-ring (bicyclic) bond motifs is 1. The highest BCUT2D eigenvalue weighted by Gasteiger charge is 2.22. The summed E-state index contributed by atoms with van der Waals surface area (Å²) in [6, 6.07) is 7.86. The van der Waals surface area contributed by atoms with Crippen molar-refractivity contribution in [3.63, 3.8) is 0 Å². The molecule has 0 aliphatic carbocycles. The maximum atomic E-state index is 12.2. The molecule has 2 aromatic rings. The van der Waals surface area contributed by atoms with Crippen molar-refractivity contribution in [1.82, 2.24) is 20.3 Å². The van der Waals surface area contributed by atoms with Crippen LogP contribution in [-0.4, -0.2) is 33.5 Å². The van der Waals surface area contributed by atoms with E-state index < -0.39 is 0 Å². The van der Waals surface area contributed by atoms with Gasteiger partial charge in [0.1, 0.15) is 0 Å². The molecule has 21 heavy (non-hydrogen) atoms. The van der Waals surface area contributed by atoms with Gasteiger partial charge in [-0.3, -0.25) is 9.48 Å². The molecule has 0 fully saturated rings. The molecule has 1 amide bonds. The van der Waals surface area contributed by atoms with Crippen LogP contribution < -0.4 is 10.6 Å². The number of hydrogen-bond acceptors (Lipinski definition) is 4. The summed E-state index contributed by atoms with van der Waals surface area (Å²) < 4.78 is 1.80. The Morgan fingerprint density at radius 3 is 3.14 bits per heavy atom. The smallest absolute Gasteiger partial charge is 0.241 e. The number of carbonyl (C=O) groups excluding carboxylic acids is 1. The van der Waals surface area contributed by atoms with E-state index in [0.29, 0.717) is 0 Å². The molecule has 3 rings (SSSR count). The van der Waals surface area contributed by atoms with Crippen molar-refractivity contribution in [1.29, 1.82) is 0 Å². The van der Waals surface area contributed by atoms with Gasteiger partial charge in [-0.2, -0.15) is 0 Å². The van der Waals surface area contributed by atoms with E-state index in [9.17, 15) is 4.79 Å². The number of aryl methyl sites for hydroxylation is 2. The second kappa shape index (κ2) is 6.49. The van der Waals surface area contributed by atoms with Gasteiger partial charge >= 0.3 is 0 Å². The normalized spacial score (nSPS) is 17.9. The van der Waals surface area contributed by atoms with Gasteiger partial charge in [-0.1, -0.05) is 23.4 Å². The van der Waals surface area contributed by atoms with Crippen LogP contribution >= 0.6 is 0 Å². The lowest BCUT2D eigenvalue weighted by Crippen LogP contribution is -2.40. The summed E-state index contributed by atoms with van der Waals surface area (Å²) in [4.78, 5) is 12.2. The van der Waals surface area contributed by atoms with Crippen LogP contribution in [0, 0.1) is 0 Å². The SMILES string of the molecule is O=C1Nc2ccccc2CCC1NCCCn1ccnn1. The molecule has 2 N–H and O–H groups in total. The molecular formula is C15H19N5O. The highest BCUT2D eigenvalue weighted by molar-refractivity contribution is 5.96. The van der Waals surface area contributed by atoms with Crippen molar-refractivity contribution < 1.29 is 4.79 Å². The van der Waals surface area contributed by atoms with Crippen molar-refractivity contribution in [2.75, 3.05) is 11.9 Å². The Morgan fingerprint density at radius 1 is 1.38 bits per heavy atom. The van der Waals surface area contributed by atoms with Gasteiger partial charge in [0.25, 0.3) is 0 Å². The van der Waals surface area contributed by atoms with Crippen LogP contribution in [-0.2, 0) is 17.8 Å². The van der Waals surface area contributed by atoms with Crippen molar-refractivity contribution in [3.8, 4) is 0 Å². The zero-order valence-corrected chi connectivity index (χ0v) is 11.8. The molecule has 0 spiro atoms. The monoisotopic (exact) mass is 285 g/mol. The van der Waals surface area contributed by atoms with E-state index in [4.69, 9.17) is 0 Å². The summed E-state index contributed by atoms with van der Waals surface area (Å²) in [5.74, 6) is 0.0562. The highest BCUT2D eigenvalue weighted by Crippen LogP contribution is 2.21. The second-order valence-electron chi connectivity index (χ2n) is 5.21. The zero-order chi connectivity index (χ0) is 14.5. The molecule has 0 saturated carbocycles. The lowest BCUT2D eigenvalue weighted by molar-refractivity contribution is -0.118. The van der Waals surface area contributed by atoms with Gasteiger partial charge in [0.05, 0.1) is 12.2 Å². The van der Waals surface area contributed by atoms with E-state index in [1.807, 2.05) is 24.4 Å². The average Bonchev–Trinajstić information content (AvgIpc) is 2.95. The second-order valence-corrected chi connectivity index (χ2v) is 5.21. The molecule has 0 bridgehead atoms. The minimum atomic E-state index is -0.131. The first-order chi connectivity index (χ1) is 10.3. The molecule has 6 heteroatoms. The number of anilines is 1. The average molecular weight is 285 g/mol. The molecule has 110 valence electrons. The topological polar surface area (TPSA) is 71.8 Å². The van der Waals surface area contributed by atoms with Crippen LogP contribution in [0.2, 0.25) is 0 Å². The number of para-hydroxylation sites is 1. The number of benzene rings is 1. The maximum Gasteiger partial charge on any atom is 0.241 e. The number of aromatic nitrogens is 3. The molecule has 0 saturated heterocycles. The predicted octanol–water partition coefficient (Wildman–Crippen LogP) is 1.21. The number of nitrogens with one attached hydrogen (secondary N) is 2. The third kappa shape index (κ3) is 3.46. The van der Waals surface area contributed by atoms with Crippen LogP contribution in [0.4, 0.5) is 5.69 Å². The summed E-state index contributed by atoms with van der Waals surface area (Å²) in [7, 11) is 0. The number of hydrogen-bond donors (Lipinski definition) is 2. The molecule has 1 atom stereocenters. The molecule has 6 nitrogen and oxygen atoms in total. The lowest BCUT2D eigenvalue weighted by atomic mass is 10.1. The molecule has 0 radical (unpaired) electrons. The number of nitrogens with zero attached hydrogens (tertiary/aromatic N) is 3. The van der Waals surface area contributed by atoms with Gasteiger partial charge in [-0.15, -0.1) is 5.10 Å². The molecule has 1 aromatic heterocycles. The first kappa shape index (κ1) is 13.8. The Labute approximate surface area is 123 Å². The first-order valence-electron chi connectivity index (χ1n) is 7.29. The third-order valence-corrected chi connectivity index (χ3v) is 3.72. The third-order valence-electron chi connectivity index (χ3n) is 3.72. The van der Waals surface area contributed by atoms with Gasteiger partial charge in [0.2, 0.25) is 5.91 Å². The van der Waals surface area contributed by atoms with Gasteiger partial charge in [0, 0.05) is 18.4 Å². The number of carbonyl (C=O) groups is 1. The van der Waals surface area contributed by atoms with Crippen LogP contribution in [0.5, 0.6) is 0 Å².